The highest BCUT2D eigenvalue weighted by molar-refractivity contribution is 8.18. The van der Waals surface area contributed by atoms with Crippen LogP contribution in [-0.2, 0) is 9.53 Å². The zero-order valence-electron chi connectivity index (χ0n) is 18.6. The minimum absolute atomic E-state index is 0.00125. The van der Waals surface area contributed by atoms with E-state index in [4.69, 9.17) is 9.73 Å². The van der Waals surface area contributed by atoms with Crippen LogP contribution < -0.4 is 4.90 Å². The number of rotatable bonds is 5. The van der Waals surface area contributed by atoms with E-state index < -0.39 is 0 Å². The lowest BCUT2D eigenvalue weighted by molar-refractivity contribution is -0.122. The van der Waals surface area contributed by atoms with Gasteiger partial charge in [0.1, 0.15) is 0 Å². The van der Waals surface area contributed by atoms with E-state index in [1.807, 2.05) is 61.8 Å². The Bertz CT molecular complexity index is 1180. The van der Waals surface area contributed by atoms with E-state index in [-0.39, 0.29) is 5.91 Å². The number of benzene rings is 2. The van der Waals surface area contributed by atoms with Crippen LogP contribution in [-0.4, -0.2) is 53.4 Å². The molecule has 0 N–H and O–H groups in total. The van der Waals surface area contributed by atoms with Gasteiger partial charge in [0, 0.05) is 43.4 Å². The molecule has 3 heterocycles. The molecule has 0 radical (unpaired) electrons. The predicted octanol–water partition coefficient (Wildman–Crippen LogP) is 4.94. The van der Waals surface area contributed by atoms with Gasteiger partial charge in [0.05, 0.1) is 23.8 Å². The van der Waals surface area contributed by atoms with Gasteiger partial charge in [-0.25, -0.2) is 4.99 Å². The third kappa shape index (κ3) is 4.74. The van der Waals surface area contributed by atoms with Crippen LogP contribution in [0.2, 0.25) is 0 Å². The molecule has 6 nitrogen and oxygen atoms in total. The Hall–Kier alpha value is -3.29. The van der Waals surface area contributed by atoms with Crippen molar-refractivity contribution in [3.63, 3.8) is 0 Å². The van der Waals surface area contributed by atoms with E-state index >= 15 is 0 Å². The molecule has 2 aromatic carbocycles. The van der Waals surface area contributed by atoms with Crippen LogP contribution in [0.3, 0.4) is 0 Å². The van der Waals surface area contributed by atoms with E-state index in [2.05, 4.69) is 33.7 Å². The maximum atomic E-state index is 13.0. The Morgan fingerprint density at radius 3 is 2.48 bits per heavy atom. The molecule has 0 unspecified atom stereocenters. The lowest BCUT2D eigenvalue weighted by Crippen LogP contribution is -2.36. The van der Waals surface area contributed by atoms with Crippen LogP contribution >= 0.6 is 11.8 Å². The molecule has 3 aromatic rings. The molecular weight excluding hydrogens is 432 g/mol. The number of aromatic nitrogens is 1. The summed E-state index contributed by atoms with van der Waals surface area (Å²) in [5, 5.41) is 0.718. The number of thioether (sulfide) groups is 1. The Labute approximate surface area is 198 Å². The van der Waals surface area contributed by atoms with Crippen LogP contribution in [0.15, 0.2) is 83.0 Å². The predicted molar refractivity (Wildman–Crippen MR) is 135 cm³/mol. The zero-order valence-corrected chi connectivity index (χ0v) is 19.4. The molecule has 5 rings (SSSR count). The number of carbonyl (C=O) groups excluding carboxylic acids is 1. The van der Waals surface area contributed by atoms with Crippen LogP contribution in [0.4, 0.5) is 11.4 Å². The minimum atomic E-state index is -0.00125. The Balaban J connectivity index is 1.35. The highest BCUT2D eigenvalue weighted by Gasteiger charge is 2.32. The topological polar surface area (TPSA) is 50.1 Å². The number of carbonyl (C=O) groups is 1. The molecule has 0 saturated carbocycles. The molecule has 168 valence electrons. The molecule has 2 aliphatic rings. The fourth-order valence-electron chi connectivity index (χ4n) is 3.95. The van der Waals surface area contributed by atoms with Crippen LogP contribution in [0.25, 0.3) is 11.8 Å². The largest absolute Gasteiger partial charge is 0.378 e. The number of nitrogens with zero attached hydrogens (tertiary/aromatic N) is 4. The lowest BCUT2D eigenvalue weighted by atomic mass is 10.2. The van der Waals surface area contributed by atoms with Crippen molar-refractivity contribution in [2.45, 2.75) is 6.92 Å². The SMILES string of the molecule is CCN1C(=O)/C(=C\c2ccn(-c3ccccc3)c2)SC1=Nc1ccc(N2CCOCC2)cc1. The summed E-state index contributed by atoms with van der Waals surface area (Å²) in [6.45, 7) is 5.89. The third-order valence-corrected chi connectivity index (χ3v) is 6.73. The first kappa shape index (κ1) is 21.6. The van der Waals surface area contributed by atoms with E-state index in [0.717, 1.165) is 48.4 Å². The van der Waals surface area contributed by atoms with Crippen molar-refractivity contribution in [3.05, 3.63) is 83.5 Å². The van der Waals surface area contributed by atoms with Crippen molar-refractivity contribution in [2.75, 3.05) is 37.7 Å². The number of aliphatic imine (C=N–C) groups is 1. The van der Waals surface area contributed by atoms with Gasteiger partial charge in [-0.2, -0.15) is 0 Å². The zero-order chi connectivity index (χ0) is 22.6. The Morgan fingerprint density at radius 2 is 1.76 bits per heavy atom. The molecule has 2 aliphatic heterocycles. The fourth-order valence-corrected chi connectivity index (χ4v) is 5.01. The second kappa shape index (κ2) is 9.68. The monoisotopic (exact) mass is 458 g/mol. The maximum Gasteiger partial charge on any atom is 0.266 e. The maximum absolute atomic E-state index is 13.0. The quantitative estimate of drug-likeness (QED) is 0.509. The fraction of sp³-hybridized carbons (Fsp3) is 0.231. The summed E-state index contributed by atoms with van der Waals surface area (Å²) in [7, 11) is 0. The van der Waals surface area contributed by atoms with Gasteiger partial charge >= 0.3 is 0 Å². The standard InChI is InChI=1S/C26H26N4O2S/c1-2-30-25(31)24(18-20-12-13-29(19-20)22-6-4-3-5-7-22)33-26(30)27-21-8-10-23(11-9-21)28-14-16-32-17-15-28/h3-13,18-19H,2,14-17H2,1H3/b24-18+,27-26?. The van der Waals surface area contributed by atoms with E-state index in [0.29, 0.717) is 11.4 Å². The second-order valence-electron chi connectivity index (χ2n) is 7.86. The van der Waals surface area contributed by atoms with Crippen molar-refractivity contribution < 1.29 is 9.53 Å². The average molecular weight is 459 g/mol. The Morgan fingerprint density at radius 1 is 1.00 bits per heavy atom. The summed E-state index contributed by atoms with van der Waals surface area (Å²) in [6, 6.07) is 20.4. The molecule has 33 heavy (non-hydrogen) atoms. The average Bonchev–Trinajstić information content (AvgIpc) is 3.45. The summed E-state index contributed by atoms with van der Waals surface area (Å²) < 4.78 is 7.49. The van der Waals surface area contributed by atoms with Gasteiger partial charge in [-0.15, -0.1) is 0 Å². The number of hydrogen-bond acceptors (Lipinski definition) is 5. The van der Waals surface area contributed by atoms with Crippen molar-refractivity contribution in [3.8, 4) is 5.69 Å². The number of para-hydroxylation sites is 1. The lowest BCUT2D eigenvalue weighted by Gasteiger charge is -2.28. The van der Waals surface area contributed by atoms with Crippen molar-refractivity contribution in [1.82, 2.24) is 9.47 Å². The van der Waals surface area contributed by atoms with Gasteiger partial charge in [-0.05, 0) is 72.8 Å². The molecule has 0 atom stereocenters. The van der Waals surface area contributed by atoms with Gasteiger partial charge in [-0.3, -0.25) is 9.69 Å². The number of amides is 1. The van der Waals surface area contributed by atoms with E-state index in [1.165, 1.54) is 17.4 Å². The van der Waals surface area contributed by atoms with Gasteiger partial charge in [-0.1, -0.05) is 18.2 Å². The van der Waals surface area contributed by atoms with Gasteiger partial charge in [0.15, 0.2) is 5.17 Å². The molecule has 0 bridgehead atoms. The third-order valence-electron chi connectivity index (χ3n) is 5.72. The molecule has 2 saturated heterocycles. The number of anilines is 1. The first-order chi connectivity index (χ1) is 16.2. The summed E-state index contributed by atoms with van der Waals surface area (Å²) >= 11 is 1.43. The number of hydrogen-bond donors (Lipinski definition) is 0. The van der Waals surface area contributed by atoms with Crippen molar-refractivity contribution >= 4 is 40.3 Å². The summed E-state index contributed by atoms with van der Waals surface area (Å²) in [6.07, 6.45) is 5.99. The number of likely N-dealkylation sites (N-methyl/N-ethyl adjacent to an activating group) is 1. The molecule has 0 aliphatic carbocycles. The van der Waals surface area contributed by atoms with Gasteiger partial charge in [0.2, 0.25) is 0 Å². The van der Waals surface area contributed by atoms with E-state index in [9.17, 15) is 4.79 Å². The summed E-state index contributed by atoms with van der Waals surface area (Å²) in [4.78, 5) is 22.5. The number of morpholine rings is 1. The normalized spacial score (nSPS) is 19.1. The molecule has 1 amide bonds. The highest BCUT2D eigenvalue weighted by Crippen LogP contribution is 2.34. The Kier molecular flexibility index (Phi) is 6.32. The number of ether oxygens (including phenoxy) is 1. The first-order valence-corrected chi connectivity index (χ1v) is 12.0. The van der Waals surface area contributed by atoms with Crippen molar-refractivity contribution in [2.24, 2.45) is 4.99 Å². The molecule has 7 heteroatoms. The summed E-state index contributed by atoms with van der Waals surface area (Å²) in [5.41, 5.74) is 4.10. The summed E-state index contributed by atoms with van der Waals surface area (Å²) in [5.74, 6) is -0.00125. The molecule has 2 fully saturated rings. The number of amidine groups is 1. The van der Waals surface area contributed by atoms with Crippen LogP contribution in [0, 0.1) is 0 Å². The smallest absolute Gasteiger partial charge is 0.266 e. The first-order valence-electron chi connectivity index (χ1n) is 11.2. The molecular formula is C26H26N4O2S. The van der Waals surface area contributed by atoms with Crippen molar-refractivity contribution in [1.29, 1.82) is 0 Å². The second-order valence-corrected chi connectivity index (χ2v) is 8.87. The van der Waals surface area contributed by atoms with Gasteiger partial charge in [0.25, 0.3) is 5.91 Å². The molecule has 0 spiro atoms. The van der Waals surface area contributed by atoms with Crippen LogP contribution in [0.5, 0.6) is 0 Å². The highest BCUT2D eigenvalue weighted by atomic mass is 32.2. The van der Waals surface area contributed by atoms with E-state index in [1.54, 1.807) is 4.90 Å². The minimum Gasteiger partial charge on any atom is -0.378 e. The van der Waals surface area contributed by atoms with Crippen LogP contribution in [0.1, 0.15) is 12.5 Å². The molecule has 1 aromatic heterocycles. The van der Waals surface area contributed by atoms with Gasteiger partial charge < -0.3 is 14.2 Å².